The Labute approximate surface area is 113 Å². The van der Waals surface area contributed by atoms with Crippen molar-refractivity contribution in [1.82, 2.24) is 0 Å². The van der Waals surface area contributed by atoms with Crippen LogP contribution in [0, 0.1) is 17.0 Å². The maximum atomic E-state index is 14.0. The number of benzene rings is 1. The highest BCUT2D eigenvalue weighted by Crippen LogP contribution is 2.31. The van der Waals surface area contributed by atoms with Crippen molar-refractivity contribution in [2.24, 2.45) is 5.41 Å². The Morgan fingerprint density at radius 2 is 1.67 bits per heavy atom. The van der Waals surface area contributed by atoms with Gasteiger partial charge in [-0.1, -0.05) is 20.8 Å². The minimum Gasteiger partial charge on any atom is -0.367 e. The molecule has 0 fully saturated rings. The third-order valence-corrected chi connectivity index (χ3v) is 3.73. The molecule has 0 heterocycles. The zero-order chi connectivity index (χ0) is 14.1. The molecule has 0 amide bonds. The molecule has 0 aromatic heterocycles. The molecule has 18 heavy (non-hydrogen) atoms. The van der Waals surface area contributed by atoms with Gasteiger partial charge in [0.05, 0.1) is 0 Å². The Balaban J connectivity index is 3.18. The Morgan fingerprint density at radius 3 is 2.00 bits per heavy atom. The molecule has 0 bridgehead atoms. The molecule has 1 atom stereocenters. The summed E-state index contributed by atoms with van der Waals surface area (Å²) in [5, 5.41) is 0. The van der Waals surface area contributed by atoms with E-state index in [1.54, 1.807) is 11.9 Å². The van der Waals surface area contributed by atoms with Crippen LogP contribution in [0.5, 0.6) is 0 Å². The predicted octanol–water partition coefficient (Wildman–Crippen LogP) is 4.57. The van der Waals surface area contributed by atoms with Crippen molar-refractivity contribution in [2.45, 2.75) is 39.6 Å². The molecular weight excluding hydrogens is 256 g/mol. The van der Waals surface area contributed by atoms with Crippen molar-refractivity contribution in [3.63, 3.8) is 0 Å². The predicted molar refractivity (Wildman–Crippen MR) is 73.2 cm³/mol. The maximum absolute atomic E-state index is 14.0. The molecular formula is C14H20ClF2N. The van der Waals surface area contributed by atoms with Crippen LogP contribution in [0.15, 0.2) is 12.1 Å². The van der Waals surface area contributed by atoms with E-state index in [-0.39, 0.29) is 23.0 Å². The van der Waals surface area contributed by atoms with Gasteiger partial charge in [0.15, 0.2) is 0 Å². The minimum atomic E-state index is -0.566. The van der Waals surface area contributed by atoms with Crippen LogP contribution in [0.3, 0.4) is 0 Å². The Hall–Kier alpha value is -0.830. The van der Waals surface area contributed by atoms with Gasteiger partial charge >= 0.3 is 0 Å². The third kappa shape index (κ3) is 3.14. The van der Waals surface area contributed by atoms with Crippen molar-refractivity contribution in [3.05, 3.63) is 29.3 Å². The first kappa shape index (κ1) is 15.2. The fourth-order valence-corrected chi connectivity index (χ4v) is 1.96. The Kier molecular flexibility index (Phi) is 4.60. The number of anilines is 1. The molecule has 0 aliphatic rings. The Bertz CT molecular complexity index is 403. The zero-order valence-corrected chi connectivity index (χ0v) is 12.3. The lowest BCUT2D eigenvalue weighted by Gasteiger charge is -2.37. The number of halogens is 3. The SMILES string of the molecule is CC(N(C)c1c(F)cc(CCl)cc1F)C(C)(C)C. The van der Waals surface area contributed by atoms with Crippen LogP contribution in [0.1, 0.15) is 33.3 Å². The van der Waals surface area contributed by atoms with Crippen molar-refractivity contribution in [2.75, 3.05) is 11.9 Å². The molecule has 0 aliphatic carbocycles. The lowest BCUT2D eigenvalue weighted by Crippen LogP contribution is -2.40. The summed E-state index contributed by atoms with van der Waals surface area (Å²) in [6.07, 6.45) is 0. The second-order valence-electron chi connectivity index (χ2n) is 5.69. The lowest BCUT2D eigenvalue weighted by atomic mass is 9.87. The third-order valence-electron chi connectivity index (χ3n) is 3.42. The molecule has 0 saturated heterocycles. The van der Waals surface area contributed by atoms with Gasteiger partial charge in [-0.3, -0.25) is 0 Å². The number of alkyl halides is 1. The van der Waals surface area contributed by atoms with E-state index in [4.69, 9.17) is 11.6 Å². The fraction of sp³-hybridized carbons (Fsp3) is 0.571. The van der Waals surface area contributed by atoms with Crippen LogP contribution in [-0.2, 0) is 5.88 Å². The monoisotopic (exact) mass is 275 g/mol. The van der Waals surface area contributed by atoms with Gasteiger partial charge < -0.3 is 4.90 Å². The van der Waals surface area contributed by atoms with Gasteiger partial charge in [0.25, 0.3) is 0 Å². The minimum absolute atomic E-state index is 0.00310. The highest BCUT2D eigenvalue weighted by molar-refractivity contribution is 6.17. The number of rotatable bonds is 3. The summed E-state index contributed by atoms with van der Waals surface area (Å²) in [5.74, 6) is -1.03. The summed E-state index contributed by atoms with van der Waals surface area (Å²) in [7, 11) is 1.71. The maximum Gasteiger partial charge on any atom is 0.149 e. The molecule has 0 spiro atoms. The lowest BCUT2D eigenvalue weighted by molar-refractivity contribution is 0.326. The van der Waals surface area contributed by atoms with Crippen molar-refractivity contribution >= 4 is 17.3 Å². The van der Waals surface area contributed by atoms with Crippen molar-refractivity contribution < 1.29 is 8.78 Å². The summed E-state index contributed by atoms with van der Waals surface area (Å²) in [4.78, 5) is 1.64. The molecule has 4 heteroatoms. The molecule has 1 rings (SSSR count). The first-order valence-electron chi connectivity index (χ1n) is 5.95. The molecule has 0 saturated carbocycles. The topological polar surface area (TPSA) is 3.24 Å². The van der Waals surface area contributed by atoms with Gasteiger partial charge in [0.2, 0.25) is 0 Å². The van der Waals surface area contributed by atoms with Crippen LogP contribution in [0.2, 0.25) is 0 Å². The number of nitrogens with zero attached hydrogens (tertiary/aromatic N) is 1. The summed E-state index contributed by atoms with van der Waals surface area (Å²) in [6, 6.07) is 2.58. The average Bonchev–Trinajstić information content (AvgIpc) is 2.25. The molecule has 1 unspecified atom stereocenters. The standard InChI is InChI=1S/C14H20ClF2N/c1-9(14(2,3)4)18(5)13-11(16)6-10(8-15)7-12(13)17/h6-7,9H,8H2,1-5H3. The van der Waals surface area contributed by atoms with Gasteiger partial charge in [-0.15, -0.1) is 11.6 Å². The average molecular weight is 276 g/mol. The largest absolute Gasteiger partial charge is 0.367 e. The van der Waals surface area contributed by atoms with Gasteiger partial charge in [-0.2, -0.15) is 0 Å². The summed E-state index contributed by atoms with van der Waals surface area (Å²) < 4.78 is 27.9. The molecule has 102 valence electrons. The fourth-order valence-electron chi connectivity index (χ4n) is 1.81. The van der Waals surface area contributed by atoms with Crippen LogP contribution in [0.25, 0.3) is 0 Å². The van der Waals surface area contributed by atoms with Gasteiger partial charge in [-0.25, -0.2) is 8.78 Å². The molecule has 1 aromatic carbocycles. The molecule has 0 radical (unpaired) electrons. The van der Waals surface area contributed by atoms with Gasteiger partial charge in [-0.05, 0) is 30.0 Å². The second-order valence-corrected chi connectivity index (χ2v) is 5.96. The van der Waals surface area contributed by atoms with Crippen LogP contribution < -0.4 is 4.90 Å². The molecule has 0 N–H and O–H groups in total. The summed E-state index contributed by atoms with van der Waals surface area (Å²) in [6.45, 7) is 8.07. The zero-order valence-electron chi connectivity index (χ0n) is 11.5. The van der Waals surface area contributed by atoms with E-state index >= 15 is 0 Å². The molecule has 0 aliphatic heterocycles. The van der Waals surface area contributed by atoms with Crippen molar-refractivity contribution in [3.8, 4) is 0 Å². The van der Waals surface area contributed by atoms with Crippen LogP contribution >= 0.6 is 11.6 Å². The van der Waals surface area contributed by atoms with Crippen molar-refractivity contribution in [1.29, 1.82) is 0 Å². The van der Waals surface area contributed by atoms with E-state index in [9.17, 15) is 8.78 Å². The second kappa shape index (κ2) is 5.43. The molecule has 1 nitrogen and oxygen atoms in total. The van der Waals surface area contributed by atoms with E-state index in [1.807, 2.05) is 27.7 Å². The summed E-state index contributed by atoms with van der Waals surface area (Å²) >= 11 is 5.59. The first-order chi connectivity index (χ1) is 8.18. The van der Waals surface area contributed by atoms with Gasteiger partial charge in [0.1, 0.15) is 17.3 Å². The van der Waals surface area contributed by atoms with E-state index in [2.05, 4.69) is 0 Å². The van der Waals surface area contributed by atoms with E-state index in [0.717, 1.165) is 0 Å². The number of hydrogen-bond donors (Lipinski definition) is 0. The van der Waals surface area contributed by atoms with E-state index in [0.29, 0.717) is 5.56 Å². The first-order valence-corrected chi connectivity index (χ1v) is 6.48. The number of hydrogen-bond acceptors (Lipinski definition) is 1. The molecule has 1 aromatic rings. The Morgan fingerprint density at radius 1 is 1.22 bits per heavy atom. The van der Waals surface area contributed by atoms with E-state index < -0.39 is 11.6 Å². The van der Waals surface area contributed by atoms with Crippen LogP contribution in [-0.4, -0.2) is 13.1 Å². The van der Waals surface area contributed by atoms with Crippen LogP contribution in [0.4, 0.5) is 14.5 Å². The smallest absolute Gasteiger partial charge is 0.149 e. The van der Waals surface area contributed by atoms with E-state index in [1.165, 1.54) is 12.1 Å². The normalized spacial score (nSPS) is 13.6. The highest BCUT2D eigenvalue weighted by Gasteiger charge is 2.27. The quantitative estimate of drug-likeness (QED) is 0.730. The summed E-state index contributed by atoms with van der Waals surface area (Å²) in [5.41, 5.74) is 0.386. The highest BCUT2D eigenvalue weighted by atomic mass is 35.5. The van der Waals surface area contributed by atoms with Gasteiger partial charge in [0, 0.05) is 19.0 Å².